The summed E-state index contributed by atoms with van der Waals surface area (Å²) in [6.07, 6.45) is 0.437. The number of nitro groups is 1. The lowest BCUT2D eigenvalue weighted by Gasteiger charge is -2.08. The van der Waals surface area contributed by atoms with Crippen molar-refractivity contribution in [3.63, 3.8) is 0 Å². The molecular weight excluding hydrogens is 295 g/mol. The first-order chi connectivity index (χ1) is 9.27. The van der Waals surface area contributed by atoms with Crippen LogP contribution in [0, 0.1) is 15.9 Å². The van der Waals surface area contributed by atoms with E-state index in [1.165, 1.54) is 7.11 Å². The molecule has 8 nitrogen and oxygen atoms in total. The maximum atomic E-state index is 13.6. The van der Waals surface area contributed by atoms with Gasteiger partial charge in [0, 0.05) is 32.3 Å². The van der Waals surface area contributed by atoms with Gasteiger partial charge in [-0.25, -0.2) is 17.9 Å². The topological polar surface area (TPSA) is 122 Å². The third kappa shape index (κ3) is 4.11. The molecule has 0 spiro atoms. The summed E-state index contributed by atoms with van der Waals surface area (Å²) in [5.74, 6) is -1.57. The molecule has 112 valence electrons. The molecule has 0 amide bonds. The number of nitro benzene ring substituents is 1. The molecule has 0 saturated heterocycles. The predicted octanol–water partition coefficient (Wildman–Crippen LogP) is 0.797. The van der Waals surface area contributed by atoms with Crippen molar-refractivity contribution in [2.75, 3.05) is 20.3 Å². The largest absolute Gasteiger partial charge is 0.487 e. The molecule has 10 heteroatoms. The highest BCUT2D eigenvalue weighted by atomic mass is 32.2. The van der Waals surface area contributed by atoms with E-state index < -0.39 is 31.3 Å². The summed E-state index contributed by atoms with van der Waals surface area (Å²) in [5.41, 5.74) is -0.673. The normalized spacial score (nSPS) is 11.3. The predicted molar refractivity (Wildman–Crippen MR) is 66.4 cm³/mol. The number of nitrogens with two attached hydrogens (primary N) is 1. The zero-order valence-corrected chi connectivity index (χ0v) is 11.4. The number of methoxy groups -OCH3 is 1. The van der Waals surface area contributed by atoms with E-state index in [2.05, 4.69) is 0 Å². The first kappa shape index (κ1) is 16.3. The molecule has 0 saturated carbocycles. The Bertz CT molecular complexity index is 604. The number of ether oxygens (including phenoxy) is 2. The molecule has 1 aromatic rings. The van der Waals surface area contributed by atoms with Crippen LogP contribution in [0.2, 0.25) is 0 Å². The molecule has 0 aliphatic rings. The van der Waals surface area contributed by atoms with E-state index in [4.69, 9.17) is 14.6 Å². The minimum absolute atomic E-state index is 0.0584. The zero-order chi connectivity index (χ0) is 15.3. The second-order valence-corrected chi connectivity index (χ2v) is 5.28. The Morgan fingerprint density at radius 2 is 2.05 bits per heavy atom. The first-order valence-electron chi connectivity index (χ1n) is 5.40. The highest BCUT2D eigenvalue weighted by molar-refractivity contribution is 7.89. The summed E-state index contributed by atoms with van der Waals surface area (Å²) >= 11 is 0. The highest BCUT2D eigenvalue weighted by Crippen LogP contribution is 2.31. The van der Waals surface area contributed by atoms with Crippen LogP contribution in [0.5, 0.6) is 5.75 Å². The number of halogens is 1. The minimum Gasteiger partial charge on any atom is -0.487 e. The van der Waals surface area contributed by atoms with Crippen molar-refractivity contribution in [3.05, 3.63) is 28.1 Å². The van der Waals surface area contributed by atoms with Gasteiger partial charge in [-0.15, -0.1) is 0 Å². The van der Waals surface area contributed by atoms with Gasteiger partial charge in [0.25, 0.3) is 0 Å². The Morgan fingerprint density at radius 3 is 2.55 bits per heavy atom. The van der Waals surface area contributed by atoms with Crippen molar-refractivity contribution in [1.82, 2.24) is 0 Å². The molecule has 20 heavy (non-hydrogen) atoms. The molecule has 0 aliphatic carbocycles. The maximum Gasteiger partial charge on any atom is 0.312 e. The summed E-state index contributed by atoms with van der Waals surface area (Å²) in [6, 6.07) is 1.17. The van der Waals surface area contributed by atoms with E-state index in [1.54, 1.807) is 0 Å². The van der Waals surface area contributed by atoms with Crippen LogP contribution in [0.4, 0.5) is 10.1 Å². The van der Waals surface area contributed by atoms with Gasteiger partial charge in [0.2, 0.25) is 10.0 Å². The van der Waals surface area contributed by atoms with Gasteiger partial charge >= 0.3 is 5.69 Å². The van der Waals surface area contributed by atoms with Crippen molar-refractivity contribution in [2.45, 2.75) is 11.3 Å². The summed E-state index contributed by atoms with van der Waals surface area (Å²) in [6.45, 7) is 0.425. The quantitative estimate of drug-likeness (QED) is 0.451. The van der Waals surface area contributed by atoms with Gasteiger partial charge in [-0.05, 0) is 0 Å². The number of nitrogens with zero attached hydrogens (tertiary/aromatic N) is 1. The van der Waals surface area contributed by atoms with E-state index >= 15 is 0 Å². The van der Waals surface area contributed by atoms with Crippen LogP contribution in [0.3, 0.4) is 0 Å². The maximum absolute atomic E-state index is 13.6. The lowest BCUT2D eigenvalue weighted by Crippen LogP contribution is -2.15. The third-order valence-corrected chi connectivity index (χ3v) is 3.19. The van der Waals surface area contributed by atoms with Crippen LogP contribution in [0.25, 0.3) is 0 Å². The van der Waals surface area contributed by atoms with Gasteiger partial charge < -0.3 is 9.47 Å². The van der Waals surface area contributed by atoms with Crippen molar-refractivity contribution in [2.24, 2.45) is 5.14 Å². The van der Waals surface area contributed by atoms with Gasteiger partial charge in [0.1, 0.15) is 10.7 Å². The smallest absolute Gasteiger partial charge is 0.312 e. The molecular formula is C10H13FN2O6S. The van der Waals surface area contributed by atoms with Crippen LogP contribution in [-0.2, 0) is 14.8 Å². The summed E-state index contributed by atoms with van der Waals surface area (Å²) in [7, 11) is -2.92. The average molecular weight is 308 g/mol. The van der Waals surface area contributed by atoms with Gasteiger partial charge in [0.15, 0.2) is 5.75 Å². The number of primary sulfonamides is 1. The van der Waals surface area contributed by atoms with Gasteiger partial charge in [-0.2, -0.15) is 0 Å². The van der Waals surface area contributed by atoms with Crippen LogP contribution in [-0.4, -0.2) is 33.7 Å². The van der Waals surface area contributed by atoms with E-state index in [-0.39, 0.29) is 12.4 Å². The van der Waals surface area contributed by atoms with Crippen molar-refractivity contribution in [1.29, 1.82) is 0 Å². The summed E-state index contributed by atoms with van der Waals surface area (Å²) in [4.78, 5) is 9.02. The van der Waals surface area contributed by atoms with Crippen LogP contribution >= 0.6 is 0 Å². The van der Waals surface area contributed by atoms with Crippen molar-refractivity contribution < 1.29 is 27.2 Å². The lowest BCUT2D eigenvalue weighted by molar-refractivity contribution is -0.386. The number of sulfonamides is 1. The van der Waals surface area contributed by atoms with Gasteiger partial charge in [0.05, 0.1) is 11.5 Å². The Morgan fingerprint density at radius 1 is 1.40 bits per heavy atom. The molecule has 0 aliphatic heterocycles. The minimum atomic E-state index is -4.39. The number of rotatable bonds is 7. The van der Waals surface area contributed by atoms with Crippen LogP contribution in [0.15, 0.2) is 17.0 Å². The average Bonchev–Trinajstić information content (AvgIpc) is 2.32. The van der Waals surface area contributed by atoms with Gasteiger partial charge in [-0.3, -0.25) is 10.1 Å². The summed E-state index contributed by atoms with van der Waals surface area (Å²) in [5, 5.41) is 15.6. The third-order valence-electron chi connectivity index (χ3n) is 2.27. The Hall–Kier alpha value is -1.78. The molecule has 2 N–H and O–H groups in total. The molecule has 1 aromatic carbocycles. The molecule has 0 unspecified atom stereocenters. The van der Waals surface area contributed by atoms with Crippen LogP contribution in [0.1, 0.15) is 6.42 Å². The van der Waals surface area contributed by atoms with E-state index in [0.29, 0.717) is 25.2 Å². The number of hydrogen-bond acceptors (Lipinski definition) is 6. The number of benzene rings is 1. The molecule has 0 aromatic heterocycles. The molecule has 1 rings (SSSR count). The van der Waals surface area contributed by atoms with Gasteiger partial charge in [-0.1, -0.05) is 0 Å². The molecule has 0 radical (unpaired) electrons. The number of hydrogen-bond donors (Lipinski definition) is 1. The SMILES string of the molecule is COCCCOc1cc(F)c(S(N)(=O)=O)cc1[N+](=O)[O-]. The van der Waals surface area contributed by atoms with E-state index in [0.717, 1.165) is 0 Å². The molecule has 0 heterocycles. The van der Waals surface area contributed by atoms with Crippen LogP contribution < -0.4 is 9.88 Å². The first-order valence-corrected chi connectivity index (χ1v) is 6.94. The Kier molecular flexibility index (Phi) is 5.36. The second-order valence-electron chi connectivity index (χ2n) is 3.75. The van der Waals surface area contributed by atoms with Crippen molar-refractivity contribution >= 4 is 15.7 Å². The molecule has 0 fully saturated rings. The van der Waals surface area contributed by atoms with Crippen molar-refractivity contribution in [3.8, 4) is 5.75 Å². The fourth-order valence-electron chi connectivity index (χ4n) is 1.39. The fourth-order valence-corrected chi connectivity index (χ4v) is 1.99. The Balaban J connectivity index is 3.12. The monoisotopic (exact) mass is 308 g/mol. The Labute approximate surface area is 114 Å². The zero-order valence-electron chi connectivity index (χ0n) is 10.5. The van der Waals surface area contributed by atoms with E-state index in [9.17, 15) is 22.9 Å². The fraction of sp³-hybridized carbons (Fsp3) is 0.400. The molecule has 0 bridgehead atoms. The lowest BCUT2D eigenvalue weighted by atomic mass is 10.3. The van der Waals surface area contributed by atoms with E-state index in [1.807, 2.05) is 0 Å². The summed E-state index contributed by atoms with van der Waals surface area (Å²) < 4.78 is 45.6. The molecule has 0 atom stereocenters. The highest BCUT2D eigenvalue weighted by Gasteiger charge is 2.24. The standard InChI is InChI=1S/C10H13FN2O6S/c1-18-3-2-4-19-9-5-7(11)10(20(12,16)17)6-8(9)13(14)15/h5-6H,2-4H2,1H3,(H2,12,16,17). The second kappa shape index (κ2) is 6.59.